The summed E-state index contributed by atoms with van der Waals surface area (Å²) in [6.45, 7) is 18.4. The molecule has 2 aromatic rings. The van der Waals surface area contributed by atoms with Crippen molar-refractivity contribution in [3.63, 3.8) is 0 Å². The van der Waals surface area contributed by atoms with E-state index in [1.807, 2.05) is 25.7 Å². The molecule has 2 aliphatic rings. The molecule has 2 aliphatic heterocycles. The van der Waals surface area contributed by atoms with Gasteiger partial charge in [-0.15, -0.1) is 0 Å². The number of nitrogens with zero attached hydrogens (tertiary/aromatic N) is 7. The lowest BCUT2D eigenvalue weighted by molar-refractivity contribution is -0.0110. The van der Waals surface area contributed by atoms with Crippen molar-refractivity contribution in [3.8, 4) is 0 Å². The zero-order valence-corrected chi connectivity index (χ0v) is 22.5. The topological polar surface area (TPSA) is 88.9 Å². The molecule has 0 aliphatic carbocycles. The number of carbonyl (C=O) groups excluding carboxylic acids is 1. The van der Waals surface area contributed by atoms with E-state index in [4.69, 9.17) is 26.1 Å². The molecule has 0 saturated carbocycles. The van der Waals surface area contributed by atoms with Crippen molar-refractivity contribution in [2.24, 2.45) is 5.92 Å². The van der Waals surface area contributed by atoms with Gasteiger partial charge in [0.1, 0.15) is 11.4 Å². The van der Waals surface area contributed by atoms with Gasteiger partial charge in [-0.05, 0) is 45.2 Å². The van der Waals surface area contributed by atoms with Gasteiger partial charge in [-0.3, -0.25) is 4.90 Å². The van der Waals surface area contributed by atoms with E-state index >= 15 is 0 Å². The molecule has 0 spiro atoms. The van der Waals surface area contributed by atoms with E-state index in [0.29, 0.717) is 32.2 Å². The van der Waals surface area contributed by atoms with Crippen LogP contribution in [0.1, 0.15) is 47.4 Å². The summed E-state index contributed by atoms with van der Waals surface area (Å²) in [4.78, 5) is 33.4. The van der Waals surface area contributed by atoms with Crippen LogP contribution >= 0.6 is 11.6 Å². The molecule has 11 heteroatoms. The van der Waals surface area contributed by atoms with Crippen LogP contribution in [0.3, 0.4) is 0 Å². The van der Waals surface area contributed by atoms with E-state index < -0.39 is 5.60 Å². The minimum absolute atomic E-state index is 0.0659. The van der Waals surface area contributed by atoms with Crippen LogP contribution in [0.5, 0.6) is 0 Å². The van der Waals surface area contributed by atoms with Crippen LogP contribution in [0, 0.1) is 5.92 Å². The van der Waals surface area contributed by atoms with Crippen LogP contribution in [-0.2, 0) is 22.6 Å². The number of ether oxygens (including phenoxy) is 2. The van der Waals surface area contributed by atoms with Crippen LogP contribution in [0.4, 0.5) is 10.6 Å². The predicted octanol–water partition coefficient (Wildman–Crippen LogP) is 3.41. The normalized spacial score (nSPS) is 20.2. The number of hydrogen-bond acceptors (Lipinski definition) is 8. The fourth-order valence-electron chi connectivity index (χ4n) is 4.79. The average molecular weight is 508 g/mol. The number of rotatable bonds is 5. The van der Waals surface area contributed by atoms with Gasteiger partial charge < -0.3 is 23.8 Å². The van der Waals surface area contributed by atoms with E-state index in [1.165, 1.54) is 0 Å². The Morgan fingerprint density at radius 1 is 1.14 bits per heavy atom. The lowest BCUT2D eigenvalue weighted by atomic mass is 10.00. The van der Waals surface area contributed by atoms with E-state index in [1.54, 1.807) is 0 Å². The Morgan fingerprint density at radius 3 is 2.49 bits per heavy atom. The maximum Gasteiger partial charge on any atom is 0.410 e. The third kappa shape index (κ3) is 5.81. The lowest BCUT2D eigenvalue weighted by Gasteiger charge is -2.43. The first-order valence-electron chi connectivity index (χ1n) is 12.5. The van der Waals surface area contributed by atoms with Gasteiger partial charge in [0.05, 0.1) is 25.8 Å². The number of morpholine rings is 1. The van der Waals surface area contributed by atoms with Gasteiger partial charge in [0, 0.05) is 39.3 Å². The number of aryl methyl sites for hydroxylation is 1. The van der Waals surface area contributed by atoms with Gasteiger partial charge in [0.2, 0.25) is 5.28 Å². The maximum atomic E-state index is 12.9. The number of amides is 1. The summed E-state index contributed by atoms with van der Waals surface area (Å²) in [7, 11) is 0. The molecule has 1 atom stereocenters. The second kappa shape index (κ2) is 10.4. The average Bonchev–Trinajstić information content (AvgIpc) is 3.14. The first kappa shape index (κ1) is 25.9. The van der Waals surface area contributed by atoms with Gasteiger partial charge in [-0.1, -0.05) is 13.8 Å². The van der Waals surface area contributed by atoms with Crippen molar-refractivity contribution in [1.29, 1.82) is 0 Å². The highest BCUT2D eigenvalue weighted by Gasteiger charge is 2.35. The van der Waals surface area contributed by atoms with Gasteiger partial charge in [0.25, 0.3) is 0 Å². The number of anilines is 1. The van der Waals surface area contributed by atoms with Crippen molar-refractivity contribution in [2.45, 2.75) is 66.3 Å². The second-order valence-corrected chi connectivity index (χ2v) is 10.9. The molecule has 35 heavy (non-hydrogen) atoms. The predicted molar refractivity (Wildman–Crippen MR) is 136 cm³/mol. The Morgan fingerprint density at radius 2 is 1.86 bits per heavy atom. The number of imidazole rings is 1. The molecule has 2 saturated heterocycles. The minimum Gasteiger partial charge on any atom is -0.444 e. The Labute approximate surface area is 212 Å². The number of halogens is 1. The number of aromatic nitrogens is 4. The van der Waals surface area contributed by atoms with Gasteiger partial charge >= 0.3 is 6.09 Å². The molecule has 0 N–H and O–H groups in total. The van der Waals surface area contributed by atoms with Crippen LogP contribution in [-0.4, -0.2) is 93.0 Å². The molecular weight excluding hydrogens is 470 g/mol. The van der Waals surface area contributed by atoms with Crippen LogP contribution in [0.15, 0.2) is 0 Å². The van der Waals surface area contributed by atoms with Gasteiger partial charge in [-0.25, -0.2) is 9.78 Å². The van der Waals surface area contributed by atoms with Crippen LogP contribution in [0.25, 0.3) is 11.2 Å². The van der Waals surface area contributed by atoms with Crippen molar-refractivity contribution < 1.29 is 14.3 Å². The summed E-state index contributed by atoms with van der Waals surface area (Å²) in [6, 6.07) is 0.0659. The third-order valence-electron chi connectivity index (χ3n) is 6.52. The van der Waals surface area contributed by atoms with Crippen molar-refractivity contribution in [3.05, 3.63) is 11.1 Å². The highest BCUT2D eigenvalue weighted by atomic mass is 35.5. The molecule has 194 valence electrons. The molecule has 2 fully saturated rings. The van der Waals surface area contributed by atoms with Crippen molar-refractivity contribution in [2.75, 3.05) is 50.8 Å². The fraction of sp³-hybridized carbons (Fsp3) is 0.750. The molecule has 10 nitrogen and oxygen atoms in total. The molecule has 0 unspecified atom stereocenters. The zero-order valence-electron chi connectivity index (χ0n) is 21.8. The molecule has 1 amide bonds. The molecule has 0 radical (unpaired) electrons. The summed E-state index contributed by atoms with van der Waals surface area (Å²) in [5.41, 5.74) is 1.03. The van der Waals surface area contributed by atoms with Crippen molar-refractivity contribution in [1.82, 2.24) is 29.3 Å². The highest BCUT2D eigenvalue weighted by molar-refractivity contribution is 6.28. The number of piperazine rings is 1. The smallest absolute Gasteiger partial charge is 0.410 e. The largest absolute Gasteiger partial charge is 0.444 e. The first-order valence-corrected chi connectivity index (χ1v) is 12.9. The van der Waals surface area contributed by atoms with Gasteiger partial charge in [-0.2, -0.15) is 9.97 Å². The zero-order chi connectivity index (χ0) is 25.3. The molecular formula is C24H38ClN7O3. The number of carbonyl (C=O) groups is 1. The summed E-state index contributed by atoms with van der Waals surface area (Å²) in [6.07, 6.45) is -0.239. The Balaban J connectivity index is 1.58. The van der Waals surface area contributed by atoms with Gasteiger partial charge in [0.15, 0.2) is 17.0 Å². The summed E-state index contributed by atoms with van der Waals surface area (Å²) < 4.78 is 13.3. The molecule has 0 aromatic carbocycles. The Bertz CT molecular complexity index is 1050. The van der Waals surface area contributed by atoms with E-state index in [9.17, 15) is 4.79 Å². The van der Waals surface area contributed by atoms with E-state index in [0.717, 1.165) is 55.5 Å². The molecule has 0 bridgehead atoms. The van der Waals surface area contributed by atoms with E-state index in [2.05, 4.69) is 45.1 Å². The summed E-state index contributed by atoms with van der Waals surface area (Å²) in [5.74, 6) is 2.00. The Kier molecular flexibility index (Phi) is 7.73. The highest BCUT2D eigenvalue weighted by Crippen LogP contribution is 2.28. The van der Waals surface area contributed by atoms with Crippen LogP contribution in [0.2, 0.25) is 5.28 Å². The Hall–Kier alpha value is -2.17. The summed E-state index contributed by atoms with van der Waals surface area (Å²) >= 11 is 6.34. The quantitative estimate of drug-likeness (QED) is 0.569. The number of fused-ring (bicyclic) bond motifs is 1. The molecule has 2 aromatic heterocycles. The summed E-state index contributed by atoms with van der Waals surface area (Å²) in [5, 5.41) is 0.228. The first-order chi connectivity index (χ1) is 16.6. The SMILES string of the molecule is CCn1c(CN2CCN(C(=O)OC(C)(C)C)[C@@H](C(C)C)C2)nc2c(N3CCOCC3)nc(Cl)nc21. The standard InChI is InChI=1S/C24H38ClN7O3/c1-7-31-18(26-19-20(27-22(25)28-21(19)31)30-10-12-34-13-11-30)15-29-8-9-32(17(14-29)16(2)3)23(33)35-24(4,5)6/h16-17H,7-15H2,1-6H3/t17-/m1/s1. The van der Waals surface area contributed by atoms with Crippen molar-refractivity contribution >= 4 is 34.7 Å². The van der Waals surface area contributed by atoms with Crippen LogP contribution < -0.4 is 4.90 Å². The third-order valence-corrected chi connectivity index (χ3v) is 6.69. The molecule has 4 heterocycles. The number of hydrogen-bond donors (Lipinski definition) is 0. The minimum atomic E-state index is -0.512. The maximum absolute atomic E-state index is 12.9. The lowest BCUT2D eigenvalue weighted by Crippen LogP contribution is -2.57. The van der Waals surface area contributed by atoms with E-state index in [-0.39, 0.29) is 17.4 Å². The molecule has 4 rings (SSSR count). The second-order valence-electron chi connectivity index (χ2n) is 10.6. The monoisotopic (exact) mass is 507 g/mol. The fourth-order valence-corrected chi connectivity index (χ4v) is 4.95.